The van der Waals surface area contributed by atoms with Gasteiger partial charge in [-0.25, -0.2) is 0 Å². The van der Waals surface area contributed by atoms with Crippen molar-refractivity contribution in [1.82, 2.24) is 15.2 Å². The lowest BCUT2D eigenvalue weighted by Gasteiger charge is -2.38. The molecule has 196 valence electrons. The van der Waals surface area contributed by atoms with Crippen molar-refractivity contribution in [2.45, 2.75) is 51.4 Å². The zero-order valence-electron chi connectivity index (χ0n) is 20.1. The van der Waals surface area contributed by atoms with Gasteiger partial charge in [0.1, 0.15) is 0 Å². The predicted octanol–water partition coefficient (Wildman–Crippen LogP) is 6.39. The smallest absolute Gasteiger partial charge is 0.388 e. The van der Waals surface area contributed by atoms with Crippen LogP contribution in [0.5, 0.6) is 0 Å². The van der Waals surface area contributed by atoms with E-state index in [1.54, 1.807) is 6.92 Å². The maximum absolute atomic E-state index is 13.0. The lowest BCUT2D eigenvalue weighted by molar-refractivity contribution is -0.137. The van der Waals surface area contributed by atoms with Crippen molar-refractivity contribution in [3.8, 4) is 0 Å². The molecular formula is C25H29Cl2F3N4O2. The minimum Gasteiger partial charge on any atom is -0.388 e. The number of carbonyl (C=O) groups excluding carboxylic acids is 1. The van der Waals surface area contributed by atoms with Crippen LogP contribution >= 0.6 is 23.2 Å². The van der Waals surface area contributed by atoms with Gasteiger partial charge in [0.2, 0.25) is 0 Å². The summed E-state index contributed by atoms with van der Waals surface area (Å²) in [6.07, 6.45) is 1.83. The zero-order valence-corrected chi connectivity index (χ0v) is 21.6. The molecule has 1 aliphatic heterocycles. The fourth-order valence-corrected chi connectivity index (χ4v) is 4.90. The lowest BCUT2D eigenvalue weighted by Crippen LogP contribution is -2.42. The normalized spacial score (nSPS) is 17.2. The van der Waals surface area contributed by atoms with Crippen molar-refractivity contribution in [2.24, 2.45) is 11.1 Å². The SMILES string of the molecule is CC=NOC(c1ccc(C(F)(F)F)cc1)C1CCN(C(C)CCNC(=O)c2c(Cl)cncc2Cl)CC1. The van der Waals surface area contributed by atoms with Crippen LogP contribution in [-0.2, 0) is 11.0 Å². The van der Waals surface area contributed by atoms with Gasteiger partial charge in [0.25, 0.3) is 5.91 Å². The molecule has 0 radical (unpaired) electrons. The van der Waals surface area contributed by atoms with E-state index >= 15 is 0 Å². The number of benzene rings is 1. The number of pyridine rings is 1. The summed E-state index contributed by atoms with van der Waals surface area (Å²) in [5, 5.41) is 7.18. The van der Waals surface area contributed by atoms with E-state index in [1.807, 2.05) is 0 Å². The summed E-state index contributed by atoms with van der Waals surface area (Å²) in [4.78, 5) is 24.3. The molecule has 3 rings (SSSR count). The maximum Gasteiger partial charge on any atom is 0.416 e. The van der Waals surface area contributed by atoms with Gasteiger partial charge in [-0.05, 0) is 63.9 Å². The molecule has 0 saturated carbocycles. The highest BCUT2D eigenvalue weighted by Gasteiger charge is 2.33. The summed E-state index contributed by atoms with van der Waals surface area (Å²) in [6.45, 7) is 5.89. The van der Waals surface area contributed by atoms with Gasteiger partial charge in [-0.15, -0.1) is 0 Å². The topological polar surface area (TPSA) is 66.8 Å². The van der Waals surface area contributed by atoms with Crippen molar-refractivity contribution in [2.75, 3.05) is 19.6 Å². The van der Waals surface area contributed by atoms with Gasteiger partial charge in [0.15, 0.2) is 6.10 Å². The Labute approximate surface area is 218 Å². The molecule has 1 saturated heterocycles. The average molecular weight is 545 g/mol. The Bertz CT molecular complexity index is 1020. The summed E-state index contributed by atoms with van der Waals surface area (Å²) < 4.78 is 38.9. The Morgan fingerprint density at radius 2 is 1.83 bits per heavy atom. The highest BCUT2D eigenvalue weighted by atomic mass is 35.5. The van der Waals surface area contributed by atoms with Gasteiger partial charge in [0, 0.05) is 37.1 Å². The van der Waals surface area contributed by atoms with Crippen molar-refractivity contribution in [3.63, 3.8) is 0 Å². The van der Waals surface area contributed by atoms with Crippen LogP contribution in [0.25, 0.3) is 0 Å². The molecule has 2 unspecified atom stereocenters. The molecule has 0 spiro atoms. The number of nitrogens with one attached hydrogen (secondary N) is 1. The Hall–Kier alpha value is -2.36. The molecule has 36 heavy (non-hydrogen) atoms. The van der Waals surface area contributed by atoms with Gasteiger partial charge in [0.05, 0.1) is 21.2 Å². The molecule has 1 N–H and O–H groups in total. The second-order valence-electron chi connectivity index (χ2n) is 8.75. The molecule has 1 aliphatic rings. The third-order valence-corrected chi connectivity index (χ3v) is 6.97. The van der Waals surface area contributed by atoms with Gasteiger partial charge < -0.3 is 15.1 Å². The Balaban J connectivity index is 1.53. The van der Waals surface area contributed by atoms with Gasteiger partial charge in [-0.3, -0.25) is 9.78 Å². The van der Waals surface area contributed by atoms with Crippen LogP contribution < -0.4 is 5.32 Å². The molecule has 6 nitrogen and oxygen atoms in total. The maximum atomic E-state index is 13.0. The van der Waals surface area contributed by atoms with Gasteiger partial charge in [-0.1, -0.05) is 40.5 Å². The molecule has 0 bridgehead atoms. The number of rotatable bonds is 9. The molecule has 1 aromatic heterocycles. The molecule has 0 aliphatic carbocycles. The van der Waals surface area contributed by atoms with E-state index in [0.29, 0.717) is 12.1 Å². The molecule has 1 fully saturated rings. The van der Waals surface area contributed by atoms with Crippen LogP contribution in [0.15, 0.2) is 41.8 Å². The predicted molar refractivity (Wildman–Crippen MR) is 134 cm³/mol. The fourth-order valence-electron chi connectivity index (χ4n) is 4.36. The van der Waals surface area contributed by atoms with E-state index in [9.17, 15) is 18.0 Å². The van der Waals surface area contributed by atoms with Crippen molar-refractivity contribution in [1.29, 1.82) is 0 Å². The fraction of sp³-hybridized carbons (Fsp3) is 0.480. The number of alkyl halides is 3. The monoisotopic (exact) mass is 544 g/mol. The quantitative estimate of drug-likeness (QED) is 0.293. The average Bonchev–Trinajstić information content (AvgIpc) is 2.84. The largest absolute Gasteiger partial charge is 0.416 e. The number of nitrogens with zero attached hydrogens (tertiary/aromatic N) is 3. The number of piperidine rings is 1. The number of carbonyl (C=O) groups is 1. The van der Waals surface area contributed by atoms with E-state index in [1.165, 1.54) is 30.7 Å². The van der Waals surface area contributed by atoms with E-state index in [-0.39, 0.29) is 33.5 Å². The van der Waals surface area contributed by atoms with Gasteiger partial charge in [-0.2, -0.15) is 13.2 Å². The number of hydrogen-bond donors (Lipinski definition) is 1. The molecular weight excluding hydrogens is 516 g/mol. The summed E-state index contributed by atoms with van der Waals surface area (Å²) in [7, 11) is 0. The minimum atomic E-state index is -4.38. The number of halogens is 5. The summed E-state index contributed by atoms with van der Waals surface area (Å²) in [6, 6.07) is 5.32. The first kappa shape index (κ1) is 28.2. The van der Waals surface area contributed by atoms with E-state index in [2.05, 4.69) is 27.3 Å². The highest BCUT2D eigenvalue weighted by Crippen LogP contribution is 2.36. The Morgan fingerprint density at radius 3 is 2.39 bits per heavy atom. The van der Waals surface area contributed by atoms with Crippen molar-refractivity contribution in [3.05, 3.63) is 63.4 Å². The second-order valence-corrected chi connectivity index (χ2v) is 9.57. The Morgan fingerprint density at radius 1 is 1.22 bits per heavy atom. The van der Waals surface area contributed by atoms with E-state index in [4.69, 9.17) is 28.0 Å². The van der Waals surface area contributed by atoms with Gasteiger partial charge >= 0.3 is 6.18 Å². The zero-order chi connectivity index (χ0) is 26.3. The van der Waals surface area contributed by atoms with Crippen LogP contribution in [0, 0.1) is 5.92 Å². The lowest BCUT2D eigenvalue weighted by atomic mass is 9.86. The van der Waals surface area contributed by atoms with Crippen molar-refractivity contribution < 1.29 is 22.8 Å². The standard InChI is InChI=1S/C25H29Cl2F3N4O2/c1-3-33-36-23(17-4-6-19(7-5-17)25(28,29)30)18-9-12-34(13-10-18)16(2)8-11-32-24(35)22-20(26)14-31-15-21(22)27/h3-7,14-16,18,23H,8-13H2,1-2H3,(H,32,35). The first-order valence-electron chi connectivity index (χ1n) is 11.7. The van der Waals surface area contributed by atoms with Crippen molar-refractivity contribution >= 4 is 35.3 Å². The summed E-state index contributed by atoms with van der Waals surface area (Å²) >= 11 is 12.1. The number of amides is 1. The third kappa shape index (κ3) is 7.33. The summed E-state index contributed by atoms with van der Waals surface area (Å²) in [5.74, 6) is -0.226. The summed E-state index contributed by atoms with van der Waals surface area (Å²) in [5.41, 5.74) is 0.204. The van der Waals surface area contributed by atoms with E-state index < -0.39 is 17.8 Å². The molecule has 2 aromatic rings. The van der Waals surface area contributed by atoms with Crippen LogP contribution in [0.4, 0.5) is 13.2 Å². The molecule has 2 heterocycles. The third-order valence-electron chi connectivity index (χ3n) is 6.40. The van der Waals surface area contributed by atoms with Crippen LogP contribution in [0.1, 0.15) is 60.7 Å². The van der Waals surface area contributed by atoms with Crippen LogP contribution in [0.2, 0.25) is 10.0 Å². The number of oxime groups is 1. The molecule has 11 heteroatoms. The van der Waals surface area contributed by atoms with Crippen LogP contribution in [-0.4, -0.2) is 47.7 Å². The molecule has 1 aromatic carbocycles. The van der Waals surface area contributed by atoms with Crippen LogP contribution in [0.3, 0.4) is 0 Å². The first-order chi connectivity index (χ1) is 17.1. The number of hydrogen-bond acceptors (Lipinski definition) is 5. The highest BCUT2D eigenvalue weighted by molar-refractivity contribution is 6.39. The second kappa shape index (κ2) is 12.7. The first-order valence-corrected chi connectivity index (χ1v) is 12.5. The van der Waals surface area contributed by atoms with E-state index in [0.717, 1.165) is 44.5 Å². The minimum absolute atomic E-state index is 0.115. The molecule has 2 atom stereocenters. The molecule has 1 amide bonds. The number of aromatic nitrogens is 1. The number of likely N-dealkylation sites (tertiary alicyclic amines) is 1. The Kier molecular flexibility index (Phi) is 9.99.